The lowest BCUT2D eigenvalue weighted by molar-refractivity contribution is -0.139. The van der Waals surface area contributed by atoms with E-state index in [0.717, 1.165) is 21.7 Å². The van der Waals surface area contributed by atoms with Gasteiger partial charge in [0.15, 0.2) is 0 Å². The summed E-state index contributed by atoms with van der Waals surface area (Å²) in [5, 5.41) is 2.73. The fraction of sp³-hybridized carbons (Fsp3) is 0.310. The lowest BCUT2D eigenvalue weighted by Gasteiger charge is -2.31. The molecule has 0 saturated heterocycles. The fourth-order valence-corrected chi connectivity index (χ4v) is 4.75. The van der Waals surface area contributed by atoms with Gasteiger partial charge in [-0.25, -0.2) is 8.42 Å². The van der Waals surface area contributed by atoms with Crippen LogP contribution in [0, 0.1) is 0 Å². The molecule has 0 aliphatic heterocycles. The van der Waals surface area contributed by atoms with Crippen molar-refractivity contribution in [3.8, 4) is 11.5 Å². The molecule has 0 fully saturated rings. The van der Waals surface area contributed by atoms with E-state index in [0.29, 0.717) is 30.3 Å². The summed E-state index contributed by atoms with van der Waals surface area (Å²) in [6.07, 6.45) is 1.04. The highest BCUT2D eigenvalue weighted by molar-refractivity contribution is 7.92. The first kappa shape index (κ1) is 29.5. The van der Waals surface area contributed by atoms with E-state index in [2.05, 4.69) is 5.32 Å². The average Bonchev–Trinajstić information content (AvgIpc) is 2.93. The molecule has 0 aromatic heterocycles. The van der Waals surface area contributed by atoms with Gasteiger partial charge >= 0.3 is 0 Å². The maximum Gasteiger partial charge on any atom is 0.244 e. The van der Waals surface area contributed by atoms with Crippen molar-refractivity contribution in [2.24, 2.45) is 0 Å². The van der Waals surface area contributed by atoms with E-state index in [4.69, 9.17) is 9.47 Å². The van der Waals surface area contributed by atoms with Crippen LogP contribution >= 0.6 is 0 Å². The van der Waals surface area contributed by atoms with Gasteiger partial charge in [-0.05, 0) is 61.4 Å². The number of ether oxygens (including phenoxy) is 2. The predicted octanol–water partition coefficient (Wildman–Crippen LogP) is 3.59. The molecule has 2 amide bonds. The molecule has 0 spiro atoms. The molecule has 0 heterocycles. The molecule has 9 nitrogen and oxygen atoms in total. The average molecular weight is 554 g/mol. The Balaban J connectivity index is 1.80. The van der Waals surface area contributed by atoms with Crippen LogP contribution in [0.5, 0.6) is 11.5 Å². The summed E-state index contributed by atoms with van der Waals surface area (Å²) in [4.78, 5) is 27.6. The Morgan fingerprint density at radius 2 is 1.51 bits per heavy atom. The largest absolute Gasteiger partial charge is 0.497 e. The van der Waals surface area contributed by atoms with Crippen LogP contribution in [-0.4, -0.2) is 57.6 Å². The Morgan fingerprint density at radius 3 is 2.08 bits per heavy atom. The SMILES string of the molecule is CCNC(=O)[C@@H](C)N(Cc1ccc(OC)cc1)C(=O)CN(c1ccc(OCc2ccccc2)cc1)S(C)(=O)=O. The van der Waals surface area contributed by atoms with Crippen molar-refractivity contribution in [1.29, 1.82) is 0 Å². The summed E-state index contributed by atoms with van der Waals surface area (Å²) < 4.78 is 37.5. The second kappa shape index (κ2) is 13.7. The zero-order valence-corrected chi connectivity index (χ0v) is 23.5. The number of sulfonamides is 1. The molecule has 0 bridgehead atoms. The van der Waals surface area contributed by atoms with Gasteiger partial charge < -0.3 is 19.7 Å². The Hall–Kier alpha value is -4.05. The quantitative estimate of drug-likeness (QED) is 0.347. The maximum absolute atomic E-state index is 13.6. The molecule has 0 unspecified atom stereocenters. The molecule has 3 aromatic rings. The van der Waals surface area contributed by atoms with Gasteiger partial charge in [0.1, 0.15) is 30.7 Å². The Morgan fingerprint density at radius 1 is 0.897 bits per heavy atom. The standard InChI is InChI=1S/C29H35N3O6S/c1-5-30-29(34)22(2)31(19-23-11-15-26(37-3)16-12-23)28(33)20-32(39(4,35)36)25-13-17-27(18-14-25)38-21-24-9-7-6-8-10-24/h6-18,22H,5,19-21H2,1-4H3,(H,30,34)/t22-/m1/s1. The highest BCUT2D eigenvalue weighted by atomic mass is 32.2. The van der Waals surface area contributed by atoms with Gasteiger partial charge in [-0.3, -0.25) is 13.9 Å². The third-order valence-electron chi connectivity index (χ3n) is 6.08. The number of nitrogens with zero attached hydrogens (tertiary/aromatic N) is 2. The minimum Gasteiger partial charge on any atom is -0.497 e. The van der Waals surface area contributed by atoms with Crippen LogP contribution < -0.4 is 19.1 Å². The number of nitrogens with one attached hydrogen (secondary N) is 1. The number of benzene rings is 3. The maximum atomic E-state index is 13.6. The van der Waals surface area contributed by atoms with Crippen LogP contribution in [0.3, 0.4) is 0 Å². The number of anilines is 1. The Labute approximate surface area is 230 Å². The van der Waals surface area contributed by atoms with Crippen molar-refractivity contribution in [3.05, 3.63) is 90.0 Å². The van der Waals surface area contributed by atoms with Crippen LogP contribution in [0.25, 0.3) is 0 Å². The van der Waals surface area contributed by atoms with E-state index >= 15 is 0 Å². The first-order chi connectivity index (χ1) is 18.6. The van der Waals surface area contributed by atoms with Crippen molar-refractivity contribution < 1.29 is 27.5 Å². The summed E-state index contributed by atoms with van der Waals surface area (Å²) >= 11 is 0. The number of carbonyl (C=O) groups excluding carboxylic acids is 2. The molecule has 3 rings (SSSR count). The number of methoxy groups -OCH3 is 1. The molecule has 208 valence electrons. The Kier molecular flexibility index (Phi) is 10.3. The van der Waals surface area contributed by atoms with Gasteiger partial charge in [0, 0.05) is 13.1 Å². The van der Waals surface area contributed by atoms with Crippen molar-refractivity contribution >= 4 is 27.5 Å². The van der Waals surface area contributed by atoms with E-state index in [9.17, 15) is 18.0 Å². The topological polar surface area (TPSA) is 105 Å². The molecular weight excluding hydrogens is 518 g/mol. The predicted molar refractivity (Wildman–Crippen MR) is 151 cm³/mol. The fourth-order valence-electron chi connectivity index (χ4n) is 3.90. The van der Waals surface area contributed by atoms with Crippen molar-refractivity contribution in [1.82, 2.24) is 10.2 Å². The number of hydrogen-bond acceptors (Lipinski definition) is 6. The zero-order valence-electron chi connectivity index (χ0n) is 22.7. The molecule has 0 radical (unpaired) electrons. The van der Waals surface area contributed by atoms with E-state index in [1.165, 1.54) is 4.90 Å². The van der Waals surface area contributed by atoms with Crippen molar-refractivity contribution in [2.45, 2.75) is 33.0 Å². The summed E-state index contributed by atoms with van der Waals surface area (Å²) in [5.41, 5.74) is 2.09. The zero-order chi connectivity index (χ0) is 28.4. The van der Waals surface area contributed by atoms with Crippen LogP contribution in [0.1, 0.15) is 25.0 Å². The van der Waals surface area contributed by atoms with Gasteiger partial charge in [0.05, 0.1) is 19.1 Å². The van der Waals surface area contributed by atoms with E-state index in [1.807, 2.05) is 30.3 Å². The van der Waals surface area contributed by atoms with Crippen molar-refractivity contribution in [3.63, 3.8) is 0 Å². The van der Waals surface area contributed by atoms with E-state index < -0.39 is 28.5 Å². The number of carbonyl (C=O) groups is 2. The minimum absolute atomic E-state index is 0.116. The normalized spacial score (nSPS) is 11.8. The molecule has 3 aromatic carbocycles. The summed E-state index contributed by atoms with van der Waals surface area (Å²) in [6.45, 7) is 3.83. The highest BCUT2D eigenvalue weighted by Crippen LogP contribution is 2.23. The molecule has 1 atom stereocenters. The number of rotatable bonds is 13. The summed E-state index contributed by atoms with van der Waals surface area (Å²) in [6, 6.07) is 22.5. The lowest BCUT2D eigenvalue weighted by Crippen LogP contribution is -2.51. The molecule has 10 heteroatoms. The van der Waals surface area contributed by atoms with Crippen LogP contribution in [0.4, 0.5) is 5.69 Å². The van der Waals surface area contributed by atoms with Crippen LogP contribution in [0.2, 0.25) is 0 Å². The monoisotopic (exact) mass is 553 g/mol. The van der Waals surface area contributed by atoms with Crippen molar-refractivity contribution in [2.75, 3.05) is 30.8 Å². The molecule has 0 aliphatic rings. The van der Waals surface area contributed by atoms with E-state index in [-0.39, 0.29) is 12.5 Å². The minimum atomic E-state index is -3.82. The van der Waals surface area contributed by atoms with Gasteiger partial charge in [-0.15, -0.1) is 0 Å². The third kappa shape index (κ3) is 8.47. The van der Waals surface area contributed by atoms with Gasteiger partial charge in [0.25, 0.3) is 0 Å². The Bertz CT molecular complexity index is 1330. The van der Waals surface area contributed by atoms with Gasteiger partial charge in [-0.1, -0.05) is 42.5 Å². The van der Waals surface area contributed by atoms with Gasteiger partial charge in [-0.2, -0.15) is 0 Å². The smallest absolute Gasteiger partial charge is 0.244 e. The van der Waals surface area contributed by atoms with Crippen LogP contribution in [-0.2, 0) is 32.8 Å². The molecule has 39 heavy (non-hydrogen) atoms. The number of amides is 2. The molecule has 1 N–H and O–H groups in total. The van der Waals surface area contributed by atoms with Crippen LogP contribution in [0.15, 0.2) is 78.9 Å². The molecule has 0 aliphatic carbocycles. The molecular formula is C29H35N3O6S. The first-order valence-corrected chi connectivity index (χ1v) is 14.4. The third-order valence-corrected chi connectivity index (χ3v) is 7.22. The lowest BCUT2D eigenvalue weighted by atomic mass is 10.1. The number of likely N-dealkylation sites (N-methyl/N-ethyl adjacent to an activating group) is 1. The number of hydrogen-bond donors (Lipinski definition) is 1. The summed E-state index contributed by atoms with van der Waals surface area (Å²) in [5.74, 6) is 0.380. The second-order valence-electron chi connectivity index (χ2n) is 8.98. The van der Waals surface area contributed by atoms with Gasteiger partial charge in [0.2, 0.25) is 21.8 Å². The highest BCUT2D eigenvalue weighted by Gasteiger charge is 2.30. The molecule has 0 saturated carbocycles. The first-order valence-electron chi connectivity index (χ1n) is 12.6. The second-order valence-corrected chi connectivity index (χ2v) is 10.9. The van der Waals surface area contributed by atoms with E-state index in [1.54, 1.807) is 69.5 Å². The summed E-state index contributed by atoms with van der Waals surface area (Å²) in [7, 11) is -2.27.